The van der Waals surface area contributed by atoms with Gasteiger partial charge in [-0.25, -0.2) is 0 Å². The summed E-state index contributed by atoms with van der Waals surface area (Å²) in [5.41, 5.74) is 1.14. The van der Waals surface area contributed by atoms with Gasteiger partial charge in [0.05, 0.1) is 17.7 Å². The molecular weight excluding hydrogens is 228 g/mol. The third kappa shape index (κ3) is 2.52. The van der Waals surface area contributed by atoms with Gasteiger partial charge in [-0.3, -0.25) is 4.79 Å². The SMILES string of the molecule is CC1CN(C(=O)c2ccc(C#N)cc2)CCC1O. The zero-order valence-electron chi connectivity index (χ0n) is 10.3. The zero-order chi connectivity index (χ0) is 13.1. The molecule has 94 valence electrons. The normalized spacial score (nSPS) is 23.5. The molecule has 0 bridgehead atoms. The standard InChI is InChI=1S/C14H16N2O2/c1-10-9-16(7-6-13(10)17)14(18)12-4-2-11(8-15)3-5-12/h2-5,10,13,17H,6-7,9H2,1H3. The molecular formula is C14H16N2O2. The molecule has 4 heteroatoms. The first-order chi connectivity index (χ1) is 8.61. The van der Waals surface area contributed by atoms with Crippen LogP contribution in [0.3, 0.4) is 0 Å². The van der Waals surface area contributed by atoms with Crippen molar-refractivity contribution in [1.29, 1.82) is 5.26 Å². The molecule has 0 saturated carbocycles. The van der Waals surface area contributed by atoms with E-state index in [4.69, 9.17) is 5.26 Å². The minimum absolute atomic E-state index is 0.0294. The first kappa shape index (κ1) is 12.6. The lowest BCUT2D eigenvalue weighted by molar-refractivity contribution is 0.0297. The van der Waals surface area contributed by atoms with Crippen molar-refractivity contribution in [3.8, 4) is 6.07 Å². The molecule has 2 rings (SSSR count). The lowest BCUT2D eigenvalue weighted by atomic mass is 9.96. The smallest absolute Gasteiger partial charge is 0.253 e. The zero-order valence-corrected chi connectivity index (χ0v) is 10.3. The molecule has 2 atom stereocenters. The lowest BCUT2D eigenvalue weighted by Gasteiger charge is -2.34. The van der Waals surface area contributed by atoms with E-state index in [1.807, 2.05) is 13.0 Å². The van der Waals surface area contributed by atoms with Crippen LogP contribution in [0, 0.1) is 17.2 Å². The van der Waals surface area contributed by atoms with Gasteiger partial charge in [0, 0.05) is 18.7 Å². The summed E-state index contributed by atoms with van der Waals surface area (Å²) in [6, 6.07) is 8.68. The Morgan fingerprint density at radius 3 is 2.67 bits per heavy atom. The molecule has 18 heavy (non-hydrogen) atoms. The Labute approximate surface area is 106 Å². The summed E-state index contributed by atoms with van der Waals surface area (Å²) in [6.07, 6.45) is 0.318. The summed E-state index contributed by atoms with van der Waals surface area (Å²) in [5.74, 6) is 0.0827. The fraction of sp³-hybridized carbons (Fsp3) is 0.429. The Balaban J connectivity index is 2.09. The highest BCUT2D eigenvalue weighted by Crippen LogP contribution is 2.18. The Hall–Kier alpha value is -1.86. The second kappa shape index (κ2) is 5.19. The minimum Gasteiger partial charge on any atom is -0.393 e. The predicted octanol–water partition coefficient (Wildman–Crippen LogP) is 1.40. The molecule has 2 unspecified atom stereocenters. The van der Waals surface area contributed by atoms with E-state index in [9.17, 15) is 9.90 Å². The lowest BCUT2D eigenvalue weighted by Crippen LogP contribution is -2.44. The van der Waals surface area contributed by atoms with E-state index in [-0.39, 0.29) is 17.9 Å². The number of hydrogen-bond donors (Lipinski definition) is 1. The quantitative estimate of drug-likeness (QED) is 0.812. The van der Waals surface area contributed by atoms with Crippen LogP contribution >= 0.6 is 0 Å². The van der Waals surface area contributed by atoms with Crippen LogP contribution in [0.2, 0.25) is 0 Å². The molecule has 1 fully saturated rings. The number of piperidine rings is 1. The molecule has 1 amide bonds. The molecule has 1 N–H and O–H groups in total. The van der Waals surface area contributed by atoms with Gasteiger partial charge in [0.1, 0.15) is 0 Å². The Bertz CT molecular complexity index is 476. The van der Waals surface area contributed by atoms with E-state index in [0.717, 1.165) is 0 Å². The maximum atomic E-state index is 12.2. The number of aliphatic hydroxyl groups excluding tert-OH is 1. The van der Waals surface area contributed by atoms with Gasteiger partial charge >= 0.3 is 0 Å². The molecule has 1 aromatic rings. The van der Waals surface area contributed by atoms with Crippen molar-refractivity contribution in [3.05, 3.63) is 35.4 Å². The van der Waals surface area contributed by atoms with Crippen LogP contribution in [0.5, 0.6) is 0 Å². The number of carbonyl (C=O) groups excluding carboxylic acids is 1. The van der Waals surface area contributed by atoms with E-state index in [1.54, 1.807) is 29.2 Å². The number of likely N-dealkylation sites (tertiary alicyclic amines) is 1. The van der Waals surface area contributed by atoms with E-state index < -0.39 is 0 Å². The van der Waals surface area contributed by atoms with Gasteiger partial charge in [-0.05, 0) is 36.6 Å². The van der Waals surface area contributed by atoms with Crippen LogP contribution in [0.1, 0.15) is 29.3 Å². The summed E-state index contributed by atoms with van der Waals surface area (Å²) < 4.78 is 0. The number of hydrogen-bond acceptors (Lipinski definition) is 3. The Morgan fingerprint density at radius 2 is 2.11 bits per heavy atom. The van der Waals surface area contributed by atoms with E-state index in [0.29, 0.717) is 30.6 Å². The highest BCUT2D eigenvalue weighted by Gasteiger charge is 2.27. The average Bonchev–Trinajstić information content (AvgIpc) is 2.41. The van der Waals surface area contributed by atoms with Crippen molar-refractivity contribution in [3.63, 3.8) is 0 Å². The molecule has 1 aliphatic rings. The van der Waals surface area contributed by atoms with E-state index >= 15 is 0 Å². The van der Waals surface area contributed by atoms with Crippen LogP contribution < -0.4 is 0 Å². The molecule has 0 radical (unpaired) electrons. The molecule has 1 aliphatic heterocycles. The second-order valence-electron chi connectivity index (χ2n) is 4.77. The first-order valence-electron chi connectivity index (χ1n) is 6.09. The second-order valence-corrected chi connectivity index (χ2v) is 4.77. The van der Waals surface area contributed by atoms with Crippen LogP contribution in [-0.2, 0) is 0 Å². The summed E-state index contributed by atoms with van der Waals surface area (Å²) in [7, 11) is 0. The van der Waals surface area contributed by atoms with Crippen molar-refractivity contribution in [2.75, 3.05) is 13.1 Å². The number of rotatable bonds is 1. The summed E-state index contributed by atoms with van der Waals surface area (Å²) in [4.78, 5) is 14.0. The fourth-order valence-corrected chi connectivity index (χ4v) is 2.19. The van der Waals surface area contributed by atoms with Gasteiger partial charge in [0.25, 0.3) is 5.91 Å². The number of amides is 1. The summed E-state index contributed by atoms with van der Waals surface area (Å²) in [6.45, 7) is 3.12. The molecule has 1 aromatic carbocycles. The predicted molar refractivity (Wildman–Crippen MR) is 66.8 cm³/mol. The van der Waals surface area contributed by atoms with E-state index in [2.05, 4.69) is 0 Å². The van der Waals surface area contributed by atoms with Crippen LogP contribution in [-0.4, -0.2) is 35.1 Å². The van der Waals surface area contributed by atoms with Gasteiger partial charge in [0.2, 0.25) is 0 Å². The number of aliphatic hydroxyl groups is 1. The van der Waals surface area contributed by atoms with Gasteiger partial charge in [0.15, 0.2) is 0 Å². The average molecular weight is 244 g/mol. The van der Waals surface area contributed by atoms with Crippen molar-refractivity contribution >= 4 is 5.91 Å². The third-order valence-electron chi connectivity index (χ3n) is 3.41. The van der Waals surface area contributed by atoms with Gasteiger partial charge in [-0.15, -0.1) is 0 Å². The van der Waals surface area contributed by atoms with Gasteiger partial charge < -0.3 is 10.0 Å². The van der Waals surface area contributed by atoms with E-state index in [1.165, 1.54) is 0 Å². The van der Waals surface area contributed by atoms with Crippen molar-refractivity contribution in [1.82, 2.24) is 4.90 Å². The van der Waals surface area contributed by atoms with Crippen LogP contribution in [0.15, 0.2) is 24.3 Å². The number of nitrogens with zero attached hydrogens (tertiary/aromatic N) is 2. The van der Waals surface area contributed by atoms with Crippen LogP contribution in [0.4, 0.5) is 0 Å². The molecule has 1 heterocycles. The summed E-state index contributed by atoms with van der Waals surface area (Å²) in [5, 5.41) is 18.3. The molecule has 1 saturated heterocycles. The highest BCUT2D eigenvalue weighted by molar-refractivity contribution is 5.94. The first-order valence-corrected chi connectivity index (χ1v) is 6.09. The maximum Gasteiger partial charge on any atom is 0.253 e. The number of carbonyl (C=O) groups is 1. The van der Waals surface area contributed by atoms with Crippen molar-refractivity contribution in [2.45, 2.75) is 19.4 Å². The van der Waals surface area contributed by atoms with Crippen molar-refractivity contribution < 1.29 is 9.90 Å². The fourth-order valence-electron chi connectivity index (χ4n) is 2.19. The molecule has 0 aromatic heterocycles. The molecule has 0 spiro atoms. The maximum absolute atomic E-state index is 12.2. The van der Waals surface area contributed by atoms with Gasteiger partial charge in [-0.2, -0.15) is 5.26 Å². The topological polar surface area (TPSA) is 64.3 Å². The number of benzene rings is 1. The molecule has 0 aliphatic carbocycles. The Kier molecular flexibility index (Phi) is 3.63. The number of nitriles is 1. The largest absolute Gasteiger partial charge is 0.393 e. The highest BCUT2D eigenvalue weighted by atomic mass is 16.3. The third-order valence-corrected chi connectivity index (χ3v) is 3.41. The Morgan fingerprint density at radius 1 is 1.44 bits per heavy atom. The summed E-state index contributed by atoms with van der Waals surface area (Å²) >= 11 is 0. The molecule has 4 nitrogen and oxygen atoms in total. The monoisotopic (exact) mass is 244 g/mol. The van der Waals surface area contributed by atoms with Crippen molar-refractivity contribution in [2.24, 2.45) is 5.92 Å². The van der Waals surface area contributed by atoms with Gasteiger partial charge in [-0.1, -0.05) is 6.92 Å². The van der Waals surface area contributed by atoms with Crippen LogP contribution in [0.25, 0.3) is 0 Å². The minimum atomic E-state index is -0.310.